The fourth-order valence-electron chi connectivity index (χ4n) is 1.48. The molecule has 0 saturated carbocycles. The van der Waals surface area contributed by atoms with Crippen molar-refractivity contribution in [2.24, 2.45) is 5.73 Å². The molecule has 1 rings (SSSR count). The van der Waals surface area contributed by atoms with E-state index in [4.69, 9.17) is 18.0 Å². The molecule has 0 aliphatic carbocycles. The standard InChI is InChI=1S/C13H15F3N2O2S/c14-13(15,16)8-20-6-5-12(19)18-10-3-1-9(2-4-10)7-11(17)21/h1-4H,5-8H2,(H2,17,21)(H,18,19). The summed E-state index contributed by atoms with van der Waals surface area (Å²) in [7, 11) is 0. The number of amides is 1. The number of hydrogen-bond donors (Lipinski definition) is 2. The van der Waals surface area contributed by atoms with E-state index in [1.807, 2.05) is 0 Å². The second kappa shape index (κ2) is 7.94. The quantitative estimate of drug-likeness (QED) is 0.598. The molecule has 0 aromatic heterocycles. The summed E-state index contributed by atoms with van der Waals surface area (Å²) in [6.07, 6.45) is -4.06. The smallest absolute Gasteiger partial charge is 0.393 e. The molecule has 3 N–H and O–H groups in total. The van der Waals surface area contributed by atoms with Gasteiger partial charge in [0.1, 0.15) is 6.61 Å². The van der Waals surface area contributed by atoms with Gasteiger partial charge in [0.15, 0.2) is 0 Å². The molecule has 0 radical (unpaired) electrons. The molecule has 0 unspecified atom stereocenters. The zero-order chi connectivity index (χ0) is 15.9. The van der Waals surface area contributed by atoms with Crippen molar-refractivity contribution >= 4 is 28.8 Å². The molecule has 116 valence electrons. The van der Waals surface area contributed by atoms with Gasteiger partial charge in [0, 0.05) is 12.1 Å². The van der Waals surface area contributed by atoms with E-state index >= 15 is 0 Å². The van der Waals surface area contributed by atoms with Crippen molar-refractivity contribution in [1.82, 2.24) is 0 Å². The Labute approximate surface area is 125 Å². The van der Waals surface area contributed by atoms with Crippen molar-refractivity contribution in [3.05, 3.63) is 29.8 Å². The lowest BCUT2D eigenvalue weighted by molar-refractivity contribution is -0.174. The summed E-state index contributed by atoms with van der Waals surface area (Å²) < 4.78 is 39.8. The Bertz CT molecular complexity index is 489. The summed E-state index contributed by atoms with van der Waals surface area (Å²) in [6.45, 7) is -1.64. The summed E-state index contributed by atoms with van der Waals surface area (Å²) in [5, 5.41) is 2.56. The molecule has 1 aromatic rings. The number of anilines is 1. The Morgan fingerprint density at radius 2 is 1.90 bits per heavy atom. The van der Waals surface area contributed by atoms with Gasteiger partial charge in [-0.2, -0.15) is 13.2 Å². The molecule has 0 spiro atoms. The van der Waals surface area contributed by atoms with Gasteiger partial charge in [-0.15, -0.1) is 0 Å². The first kappa shape index (κ1) is 17.4. The van der Waals surface area contributed by atoms with Crippen LogP contribution in [0.1, 0.15) is 12.0 Å². The summed E-state index contributed by atoms with van der Waals surface area (Å²) in [5.41, 5.74) is 6.86. The summed E-state index contributed by atoms with van der Waals surface area (Å²) in [6, 6.07) is 6.86. The van der Waals surface area contributed by atoms with Crippen LogP contribution in [-0.2, 0) is 16.0 Å². The van der Waals surface area contributed by atoms with E-state index in [2.05, 4.69) is 10.1 Å². The van der Waals surface area contributed by atoms with Gasteiger partial charge in [-0.05, 0) is 17.7 Å². The van der Waals surface area contributed by atoms with Crippen LogP contribution in [0.2, 0.25) is 0 Å². The molecule has 0 aliphatic heterocycles. The van der Waals surface area contributed by atoms with Crippen molar-refractivity contribution in [2.45, 2.75) is 19.0 Å². The average Bonchev–Trinajstić information content (AvgIpc) is 2.35. The van der Waals surface area contributed by atoms with Crippen molar-refractivity contribution in [2.75, 3.05) is 18.5 Å². The lowest BCUT2D eigenvalue weighted by Gasteiger charge is -2.08. The van der Waals surface area contributed by atoms with Crippen LogP contribution in [0.5, 0.6) is 0 Å². The Morgan fingerprint density at radius 1 is 1.29 bits per heavy atom. The van der Waals surface area contributed by atoms with E-state index in [9.17, 15) is 18.0 Å². The number of carbonyl (C=O) groups is 1. The summed E-state index contributed by atoms with van der Waals surface area (Å²) in [5.74, 6) is -0.417. The van der Waals surface area contributed by atoms with Crippen LogP contribution in [0.4, 0.5) is 18.9 Å². The first-order valence-electron chi connectivity index (χ1n) is 6.08. The zero-order valence-corrected chi connectivity index (χ0v) is 11.9. The van der Waals surface area contributed by atoms with Crippen LogP contribution < -0.4 is 11.1 Å². The van der Waals surface area contributed by atoms with Gasteiger partial charge in [0.25, 0.3) is 0 Å². The largest absolute Gasteiger partial charge is 0.411 e. The Morgan fingerprint density at radius 3 is 2.43 bits per heavy atom. The van der Waals surface area contributed by atoms with Crippen molar-refractivity contribution in [3.8, 4) is 0 Å². The van der Waals surface area contributed by atoms with Crippen LogP contribution in [-0.4, -0.2) is 30.3 Å². The monoisotopic (exact) mass is 320 g/mol. The van der Waals surface area contributed by atoms with Gasteiger partial charge in [-0.3, -0.25) is 4.79 Å². The average molecular weight is 320 g/mol. The predicted octanol–water partition coefficient (Wildman–Crippen LogP) is 2.42. The third-order valence-corrected chi connectivity index (χ3v) is 2.50. The summed E-state index contributed by atoms with van der Waals surface area (Å²) in [4.78, 5) is 11.9. The number of benzene rings is 1. The van der Waals surface area contributed by atoms with E-state index in [0.29, 0.717) is 17.1 Å². The minimum Gasteiger partial charge on any atom is -0.393 e. The van der Waals surface area contributed by atoms with Crippen molar-refractivity contribution in [3.63, 3.8) is 0 Å². The Kier molecular flexibility index (Phi) is 6.57. The second-order valence-electron chi connectivity index (χ2n) is 4.31. The molecule has 0 aliphatic rings. The van der Waals surface area contributed by atoms with Gasteiger partial charge in [0.2, 0.25) is 5.91 Å². The van der Waals surface area contributed by atoms with E-state index in [1.54, 1.807) is 24.3 Å². The minimum atomic E-state index is -4.38. The molecule has 0 atom stereocenters. The van der Waals surface area contributed by atoms with Gasteiger partial charge in [-0.1, -0.05) is 24.4 Å². The second-order valence-corrected chi connectivity index (χ2v) is 4.83. The van der Waals surface area contributed by atoms with Crippen LogP contribution in [0.3, 0.4) is 0 Å². The highest BCUT2D eigenvalue weighted by molar-refractivity contribution is 7.80. The minimum absolute atomic E-state index is 0.148. The van der Waals surface area contributed by atoms with Gasteiger partial charge >= 0.3 is 6.18 Å². The van der Waals surface area contributed by atoms with Crippen LogP contribution in [0.15, 0.2) is 24.3 Å². The van der Waals surface area contributed by atoms with E-state index < -0.39 is 18.7 Å². The predicted molar refractivity (Wildman–Crippen MR) is 77.1 cm³/mol. The molecular weight excluding hydrogens is 305 g/mol. The number of thiocarbonyl (C=S) groups is 1. The van der Waals surface area contributed by atoms with Crippen LogP contribution in [0.25, 0.3) is 0 Å². The van der Waals surface area contributed by atoms with Gasteiger partial charge in [0.05, 0.1) is 18.0 Å². The molecule has 21 heavy (non-hydrogen) atoms. The fraction of sp³-hybridized carbons (Fsp3) is 0.385. The molecular formula is C13H15F3N2O2S. The van der Waals surface area contributed by atoms with Gasteiger partial charge in [-0.25, -0.2) is 0 Å². The normalized spacial score (nSPS) is 11.2. The first-order chi connectivity index (χ1) is 9.76. The number of rotatable bonds is 7. The maximum atomic E-state index is 11.8. The Hall–Kier alpha value is -1.67. The number of hydrogen-bond acceptors (Lipinski definition) is 3. The number of nitrogens with two attached hydrogens (primary N) is 1. The maximum Gasteiger partial charge on any atom is 0.411 e. The third kappa shape index (κ3) is 8.26. The maximum absolute atomic E-state index is 11.8. The van der Waals surface area contributed by atoms with Crippen LogP contribution in [0, 0.1) is 0 Å². The third-order valence-electron chi connectivity index (χ3n) is 2.36. The van der Waals surface area contributed by atoms with E-state index in [-0.39, 0.29) is 13.0 Å². The number of halogens is 3. The zero-order valence-electron chi connectivity index (χ0n) is 11.1. The van der Waals surface area contributed by atoms with Crippen molar-refractivity contribution < 1.29 is 22.7 Å². The molecule has 1 amide bonds. The van der Waals surface area contributed by atoms with E-state index in [1.165, 1.54) is 0 Å². The highest BCUT2D eigenvalue weighted by Gasteiger charge is 2.27. The molecule has 4 nitrogen and oxygen atoms in total. The number of nitrogens with one attached hydrogen (secondary N) is 1. The first-order valence-corrected chi connectivity index (χ1v) is 6.49. The van der Waals surface area contributed by atoms with Crippen LogP contribution >= 0.6 is 12.2 Å². The topological polar surface area (TPSA) is 64.3 Å². The number of alkyl halides is 3. The lowest BCUT2D eigenvalue weighted by atomic mass is 10.1. The highest BCUT2D eigenvalue weighted by atomic mass is 32.1. The molecule has 0 fully saturated rings. The van der Waals surface area contributed by atoms with E-state index in [0.717, 1.165) is 5.56 Å². The van der Waals surface area contributed by atoms with Gasteiger partial charge < -0.3 is 15.8 Å². The van der Waals surface area contributed by atoms with Crippen molar-refractivity contribution in [1.29, 1.82) is 0 Å². The molecule has 0 bridgehead atoms. The Balaban J connectivity index is 2.32. The molecule has 0 saturated heterocycles. The fourth-order valence-corrected chi connectivity index (χ4v) is 1.65. The molecule has 1 aromatic carbocycles. The SMILES string of the molecule is NC(=S)Cc1ccc(NC(=O)CCOCC(F)(F)F)cc1. The number of ether oxygens (including phenoxy) is 1. The lowest BCUT2D eigenvalue weighted by Crippen LogP contribution is -2.20. The molecule has 8 heteroatoms. The summed E-state index contributed by atoms with van der Waals surface area (Å²) >= 11 is 4.78. The highest BCUT2D eigenvalue weighted by Crippen LogP contribution is 2.14. The molecule has 0 heterocycles. The number of carbonyl (C=O) groups excluding carboxylic acids is 1.